The van der Waals surface area contributed by atoms with E-state index in [0.29, 0.717) is 10.2 Å². The van der Waals surface area contributed by atoms with Crippen LogP contribution in [0, 0.1) is 6.92 Å². The van der Waals surface area contributed by atoms with Crippen molar-refractivity contribution in [3.8, 4) is 0 Å². The molecule has 0 atom stereocenters. The zero-order valence-electron chi connectivity index (χ0n) is 8.31. The molecule has 6 heteroatoms. The number of nitrogens with zero attached hydrogens (tertiary/aromatic N) is 4. The van der Waals surface area contributed by atoms with Crippen LogP contribution < -0.4 is 0 Å². The Hall–Kier alpha value is -1.07. The van der Waals surface area contributed by atoms with Crippen LogP contribution in [0.1, 0.15) is 5.69 Å². The molecule has 2 rings (SSSR count). The van der Waals surface area contributed by atoms with E-state index in [9.17, 15) is 0 Å². The van der Waals surface area contributed by atoms with E-state index < -0.39 is 0 Å². The molecule has 0 saturated carbocycles. The molecule has 2 heterocycles. The Labute approximate surface area is 96.7 Å². The van der Waals surface area contributed by atoms with E-state index in [-0.39, 0.29) is 0 Å². The molecule has 0 fully saturated rings. The second-order valence-corrected chi connectivity index (χ2v) is 4.37. The Kier molecular flexibility index (Phi) is 2.93. The molecule has 2 aromatic heterocycles. The molecular weight excluding hydrogens is 232 g/mol. The zero-order chi connectivity index (χ0) is 10.8. The third-order valence-electron chi connectivity index (χ3n) is 1.78. The number of aryl methyl sites for hydroxylation is 2. The highest BCUT2D eigenvalue weighted by Gasteiger charge is 2.08. The first-order valence-electron chi connectivity index (χ1n) is 4.32. The van der Waals surface area contributed by atoms with Crippen LogP contribution in [0.2, 0.25) is 5.15 Å². The van der Waals surface area contributed by atoms with Gasteiger partial charge in [-0.25, -0.2) is 9.97 Å². The Bertz CT molecular complexity index is 483. The summed E-state index contributed by atoms with van der Waals surface area (Å²) >= 11 is 7.37. The quantitative estimate of drug-likeness (QED) is 0.808. The Morgan fingerprint density at radius 2 is 2.07 bits per heavy atom. The van der Waals surface area contributed by atoms with Gasteiger partial charge in [0.2, 0.25) is 0 Å². The van der Waals surface area contributed by atoms with Crippen LogP contribution in [0.25, 0.3) is 0 Å². The van der Waals surface area contributed by atoms with Gasteiger partial charge < -0.3 is 0 Å². The summed E-state index contributed by atoms with van der Waals surface area (Å²) in [7, 11) is 1.89. The summed E-state index contributed by atoms with van der Waals surface area (Å²) in [4.78, 5) is 8.12. The van der Waals surface area contributed by atoms with Gasteiger partial charge in [-0.1, -0.05) is 11.6 Å². The van der Waals surface area contributed by atoms with Crippen LogP contribution in [-0.4, -0.2) is 19.7 Å². The van der Waals surface area contributed by atoms with Crippen LogP contribution in [-0.2, 0) is 7.05 Å². The van der Waals surface area contributed by atoms with Crippen LogP contribution in [0.3, 0.4) is 0 Å². The van der Waals surface area contributed by atoms with Crippen molar-refractivity contribution in [2.75, 3.05) is 0 Å². The monoisotopic (exact) mass is 240 g/mol. The summed E-state index contributed by atoms with van der Waals surface area (Å²) in [6.07, 6.45) is 3.19. The summed E-state index contributed by atoms with van der Waals surface area (Å²) in [6, 6.07) is 1.98. The maximum atomic E-state index is 5.91. The largest absolute Gasteiger partial charge is 0.261 e. The fourth-order valence-electron chi connectivity index (χ4n) is 1.16. The molecule has 0 unspecified atom stereocenters. The van der Waals surface area contributed by atoms with Gasteiger partial charge in [0.25, 0.3) is 0 Å². The Morgan fingerprint density at radius 3 is 2.67 bits per heavy atom. The van der Waals surface area contributed by atoms with Crippen molar-refractivity contribution in [2.24, 2.45) is 7.05 Å². The van der Waals surface area contributed by atoms with Crippen LogP contribution >= 0.6 is 23.4 Å². The number of hydrogen-bond acceptors (Lipinski definition) is 4. The maximum absolute atomic E-state index is 5.91. The minimum atomic E-state index is 0.418. The highest BCUT2D eigenvalue weighted by Crippen LogP contribution is 2.29. The number of aromatic nitrogens is 4. The number of hydrogen-bond donors (Lipinski definition) is 0. The van der Waals surface area contributed by atoms with Crippen molar-refractivity contribution >= 4 is 23.4 Å². The van der Waals surface area contributed by atoms with Gasteiger partial charge in [-0.2, -0.15) is 5.10 Å². The van der Waals surface area contributed by atoms with Gasteiger partial charge in [0.15, 0.2) is 5.15 Å². The average Bonchev–Trinajstić information content (AvgIpc) is 2.49. The molecule has 0 aliphatic carbocycles. The lowest BCUT2D eigenvalue weighted by molar-refractivity contribution is 0.692. The van der Waals surface area contributed by atoms with Gasteiger partial charge in [0.1, 0.15) is 10.1 Å². The van der Waals surface area contributed by atoms with E-state index in [1.807, 2.05) is 20.0 Å². The van der Waals surface area contributed by atoms with Crippen molar-refractivity contribution in [1.82, 2.24) is 19.7 Å². The lowest BCUT2D eigenvalue weighted by Crippen LogP contribution is -1.93. The first kappa shape index (κ1) is 10.4. The van der Waals surface area contributed by atoms with Crippen LogP contribution in [0.15, 0.2) is 28.5 Å². The summed E-state index contributed by atoms with van der Waals surface area (Å²) in [5, 5.41) is 6.35. The van der Waals surface area contributed by atoms with Gasteiger partial charge >= 0.3 is 0 Å². The van der Waals surface area contributed by atoms with E-state index in [1.165, 1.54) is 11.8 Å². The fraction of sp³-hybridized carbons (Fsp3) is 0.222. The molecule has 0 aromatic carbocycles. The molecule has 0 aliphatic rings. The van der Waals surface area contributed by atoms with Crippen molar-refractivity contribution in [2.45, 2.75) is 17.0 Å². The first-order chi connectivity index (χ1) is 7.16. The van der Waals surface area contributed by atoms with Crippen molar-refractivity contribution in [3.05, 3.63) is 29.3 Å². The summed E-state index contributed by atoms with van der Waals surface area (Å²) in [6.45, 7) is 1.95. The minimum absolute atomic E-state index is 0.418. The maximum Gasteiger partial charge on any atom is 0.161 e. The zero-order valence-corrected chi connectivity index (χ0v) is 9.88. The van der Waals surface area contributed by atoms with E-state index in [2.05, 4.69) is 15.1 Å². The van der Waals surface area contributed by atoms with E-state index >= 15 is 0 Å². The smallest absolute Gasteiger partial charge is 0.161 e. The van der Waals surface area contributed by atoms with Gasteiger partial charge in [-0.3, -0.25) is 4.68 Å². The highest BCUT2D eigenvalue weighted by molar-refractivity contribution is 7.99. The molecular formula is C9H9ClN4S. The van der Waals surface area contributed by atoms with Crippen LogP contribution in [0.4, 0.5) is 0 Å². The molecule has 4 nitrogen and oxygen atoms in total. The van der Waals surface area contributed by atoms with Crippen molar-refractivity contribution in [1.29, 1.82) is 0 Å². The normalized spacial score (nSPS) is 10.6. The lowest BCUT2D eigenvalue weighted by Gasteiger charge is -2.01. The Morgan fingerprint density at radius 1 is 1.33 bits per heavy atom. The van der Waals surface area contributed by atoms with Gasteiger partial charge in [0.05, 0.1) is 5.69 Å². The first-order valence-corrected chi connectivity index (χ1v) is 5.51. The molecule has 0 N–H and O–H groups in total. The predicted molar refractivity (Wildman–Crippen MR) is 59.1 cm³/mol. The van der Waals surface area contributed by atoms with E-state index in [4.69, 9.17) is 11.6 Å². The molecule has 0 radical (unpaired) electrons. The molecule has 0 amide bonds. The second kappa shape index (κ2) is 4.20. The molecule has 2 aromatic rings. The van der Waals surface area contributed by atoms with Crippen LogP contribution in [0.5, 0.6) is 0 Å². The fourth-order valence-corrected chi connectivity index (χ4v) is 2.23. The van der Waals surface area contributed by atoms with E-state index in [0.717, 1.165) is 10.7 Å². The summed E-state index contributed by atoms with van der Waals surface area (Å²) in [5.41, 5.74) is 0.972. The molecule has 78 valence electrons. The van der Waals surface area contributed by atoms with Gasteiger partial charge in [0, 0.05) is 19.4 Å². The Balaban J connectivity index is 2.29. The lowest BCUT2D eigenvalue weighted by atomic mass is 10.5. The highest BCUT2D eigenvalue weighted by atomic mass is 35.5. The standard InChI is InChI=1S/C9H9ClN4S/c1-6-5-7(14(2)13-6)15-9-8(10)11-3-4-12-9/h3-5H,1-2H3. The minimum Gasteiger partial charge on any atom is -0.261 e. The molecule has 0 spiro atoms. The molecule has 0 saturated heterocycles. The number of rotatable bonds is 2. The topological polar surface area (TPSA) is 43.6 Å². The third kappa shape index (κ3) is 2.30. The molecule has 15 heavy (non-hydrogen) atoms. The molecule has 0 bridgehead atoms. The second-order valence-electron chi connectivity index (χ2n) is 3.00. The molecule has 0 aliphatic heterocycles. The summed E-state index contributed by atoms with van der Waals surface area (Å²) < 4.78 is 1.80. The number of halogens is 1. The predicted octanol–water partition coefficient (Wildman–Crippen LogP) is 2.32. The average molecular weight is 241 g/mol. The van der Waals surface area contributed by atoms with Gasteiger partial charge in [-0.05, 0) is 24.8 Å². The van der Waals surface area contributed by atoms with E-state index in [1.54, 1.807) is 17.1 Å². The van der Waals surface area contributed by atoms with Gasteiger partial charge in [-0.15, -0.1) is 0 Å². The van der Waals surface area contributed by atoms with Crippen molar-refractivity contribution < 1.29 is 0 Å². The third-order valence-corrected chi connectivity index (χ3v) is 3.26. The SMILES string of the molecule is Cc1cc(Sc2nccnc2Cl)n(C)n1. The summed E-state index contributed by atoms with van der Waals surface area (Å²) in [5.74, 6) is 0. The van der Waals surface area contributed by atoms with Crippen molar-refractivity contribution in [3.63, 3.8) is 0 Å².